The molecule has 1 aromatic carbocycles. The smallest absolute Gasteiger partial charge is 0.268 e. The molecule has 154 valence electrons. The second kappa shape index (κ2) is 10.1. The van der Waals surface area contributed by atoms with E-state index in [0.29, 0.717) is 17.1 Å². The third-order valence-corrected chi connectivity index (χ3v) is 5.73. The van der Waals surface area contributed by atoms with Gasteiger partial charge in [0.25, 0.3) is 11.8 Å². The number of rotatable bonds is 7. The number of hydrogen-bond acceptors (Lipinski definition) is 5. The summed E-state index contributed by atoms with van der Waals surface area (Å²) in [6, 6.07) is 8.86. The first-order valence-electron chi connectivity index (χ1n) is 9.70. The highest BCUT2D eigenvalue weighted by Gasteiger charge is 2.21. The molecule has 29 heavy (non-hydrogen) atoms. The normalized spacial score (nSPS) is 14.9. The monoisotopic (exact) mass is 414 g/mol. The van der Waals surface area contributed by atoms with Gasteiger partial charge in [0.2, 0.25) is 0 Å². The Bertz CT molecular complexity index is 871. The number of hydrogen-bond donors (Lipinski definition) is 2. The molecule has 6 nitrogen and oxygen atoms in total. The van der Waals surface area contributed by atoms with Crippen molar-refractivity contribution in [3.63, 3.8) is 0 Å². The van der Waals surface area contributed by atoms with Crippen molar-refractivity contribution in [1.29, 1.82) is 0 Å². The van der Waals surface area contributed by atoms with Crippen LogP contribution in [-0.2, 0) is 4.79 Å². The summed E-state index contributed by atoms with van der Waals surface area (Å²) in [6.07, 6.45) is 7.10. The zero-order valence-corrected chi connectivity index (χ0v) is 17.5. The fourth-order valence-corrected chi connectivity index (χ4v) is 4.01. The minimum atomic E-state index is -0.382. The number of carbonyl (C=O) groups is 2. The number of carbonyl (C=O) groups excluding carboxylic acids is 2. The van der Waals surface area contributed by atoms with Gasteiger partial charge in [-0.05, 0) is 48.6 Å². The summed E-state index contributed by atoms with van der Waals surface area (Å²) in [4.78, 5) is 26.6. The third kappa shape index (κ3) is 5.60. The van der Waals surface area contributed by atoms with Crippen LogP contribution in [0.3, 0.4) is 0 Å². The van der Waals surface area contributed by atoms with Crippen LogP contribution in [0.1, 0.15) is 47.3 Å². The molecule has 7 heteroatoms. The Morgan fingerprint density at radius 3 is 2.48 bits per heavy atom. The number of ether oxygens (including phenoxy) is 2. The van der Waals surface area contributed by atoms with Crippen LogP contribution in [-0.4, -0.2) is 32.1 Å². The quantitative estimate of drug-likeness (QED) is 0.672. The van der Waals surface area contributed by atoms with E-state index in [2.05, 4.69) is 10.6 Å². The van der Waals surface area contributed by atoms with Crippen molar-refractivity contribution < 1.29 is 19.1 Å². The fourth-order valence-electron chi connectivity index (χ4n) is 3.36. The van der Waals surface area contributed by atoms with Crippen molar-refractivity contribution >= 4 is 29.2 Å². The predicted octanol–water partition coefficient (Wildman–Crippen LogP) is 3.99. The molecule has 0 spiro atoms. The van der Waals surface area contributed by atoms with Gasteiger partial charge in [0.15, 0.2) is 11.5 Å². The molecule has 0 aliphatic heterocycles. The van der Waals surface area contributed by atoms with E-state index in [1.165, 1.54) is 32.0 Å². The van der Waals surface area contributed by atoms with Crippen molar-refractivity contribution in [3.05, 3.63) is 51.8 Å². The molecule has 1 aromatic heterocycles. The fraction of sp³-hybridized carbons (Fsp3) is 0.364. The lowest BCUT2D eigenvalue weighted by Gasteiger charge is -2.23. The largest absolute Gasteiger partial charge is 0.493 e. The average Bonchev–Trinajstić information content (AvgIpc) is 3.26. The zero-order chi connectivity index (χ0) is 20.6. The SMILES string of the molecule is COc1ccc(C(=O)NC(=Cc2cccs2)C(=O)NC2CCCCC2)cc1OC. The number of benzene rings is 1. The van der Waals surface area contributed by atoms with E-state index in [9.17, 15) is 9.59 Å². The summed E-state index contributed by atoms with van der Waals surface area (Å²) in [5, 5.41) is 7.77. The van der Waals surface area contributed by atoms with E-state index in [0.717, 1.165) is 30.6 Å². The number of methoxy groups -OCH3 is 2. The standard InChI is InChI=1S/C22H26N2O4S/c1-27-19-11-10-15(13-20(19)28-2)21(25)24-18(14-17-9-6-12-29-17)22(26)23-16-7-4-3-5-8-16/h6,9-14,16H,3-5,7-8H2,1-2H3,(H,23,26)(H,24,25). The second-order valence-corrected chi connectivity index (χ2v) is 7.88. The van der Waals surface area contributed by atoms with E-state index < -0.39 is 0 Å². The van der Waals surface area contributed by atoms with Crippen LogP contribution in [0.4, 0.5) is 0 Å². The molecule has 1 fully saturated rings. The van der Waals surface area contributed by atoms with Crippen molar-refractivity contribution in [3.8, 4) is 11.5 Å². The lowest BCUT2D eigenvalue weighted by atomic mass is 9.95. The first-order valence-corrected chi connectivity index (χ1v) is 10.6. The summed E-state index contributed by atoms with van der Waals surface area (Å²) in [5.74, 6) is 0.343. The summed E-state index contributed by atoms with van der Waals surface area (Å²) < 4.78 is 10.5. The molecule has 1 aliphatic carbocycles. The highest BCUT2D eigenvalue weighted by Crippen LogP contribution is 2.27. The highest BCUT2D eigenvalue weighted by atomic mass is 32.1. The van der Waals surface area contributed by atoms with Gasteiger partial charge >= 0.3 is 0 Å². The molecule has 0 bridgehead atoms. The molecule has 1 aliphatic rings. The molecule has 0 saturated heterocycles. The van der Waals surface area contributed by atoms with Gasteiger partial charge in [0.05, 0.1) is 14.2 Å². The first kappa shape index (κ1) is 20.9. The van der Waals surface area contributed by atoms with Crippen LogP contribution >= 0.6 is 11.3 Å². The van der Waals surface area contributed by atoms with Crippen molar-refractivity contribution in [1.82, 2.24) is 10.6 Å². The van der Waals surface area contributed by atoms with Crippen LogP contribution < -0.4 is 20.1 Å². The van der Waals surface area contributed by atoms with Crippen molar-refractivity contribution in [2.24, 2.45) is 0 Å². The van der Waals surface area contributed by atoms with Gasteiger partial charge < -0.3 is 20.1 Å². The van der Waals surface area contributed by atoms with E-state index >= 15 is 0 Å². The lowest BCUT2D eigenvalue weighted by molar-refractivity contribution is -0.118. The second-order valence-electron chi connectivity index (χ2n) is 6.91. The molecule has 0 atom stereocenters. The number of amides is 2. The highest BCUT2D eigenvalue weighted by molar-refractivity contribution is 7.10. The predicted molar refractivity (Wildman–Crippen MR) is 114 cm³/mol. The van der Waals surface area contributed by atoms with Gasteiger partial charge in [-0.15, -0.1) is 11.3 Å². The molecule has 0 unspecified atom stereocenters. The Balaban J connectivity index is 1.79. The third-order valence-electron chi connectivity index (χ3n) is 4.91. The Hall–Kier alpha value is -2.80. The van der Waals surface area contributed by atoms with Crippen molar-refractivity contribution in [2.75, 3.05) is 14.2 Å². The van der Waals surface area contributed by atoms with Crippen LogP contribution in [0.15, 0.2) is 41.4 Å². The van der Waals surface area contributed by atoms with Gasteiger partial charge in [-0.3, -0.25) is 9.59 Å². The molecular formula is C22H26N2O4S. The minimum Gasteiger partial charge on any atom is -0.493 e. The lowest BCUT2D eigenvalue weighted by Crippen LogP contribution is -2.41. The summed E-state index contributed by atoms with van der Waals surface area (Å²) in [6.45, 7) is 0. The Morgan fingerprint density at radius 2 is 1.83 bits per heavy atom. The van der Waals surface area contributed by atoms with Crippen LogP contribution in [0.25, 0.3) is 6.08 Å². The van der Waals surface area contributed by atoms with Gasteiger partial charge in [-0.1, -0.05) is 25.3 Å². The maximum absolute atomic E-state index is 12.9. The number of nitrogens with one attached hydrogen (secondary N) is 2. The molecule has 1 heterocycles. The van der Waals surface area contributed by atoms with E-state index in [-0.39, 0.29) is 23.6 Å². The summed E-state index contributed by atoms with van der Waals surface area (Å²) >= 11 is 1.50. The topological polar surface area (TPSA) is 76.7 Å². The molecule has 3 rings (SSSR count). The van der Waals surface area contributed by atoms with Gasteiger partial charge in [0, 0.05) is 16.5 Å². The van der Waals surface area contributed by atoms with Crippen LogP contribution in [0.5, 0.6) is 11.5 Å². The van der Waals surface area contributed by atoms with Crippen LogP contribution in [0.2, 0.25) is 0 Å². The van der Waals surface area contributed by atoms with Gasteiger partial charge in [-0.25, -0.2) is 0 Å². The summed E-state index contributed by atoms with van der Waals surface area (Å²) in [5.41, 5.74) is 0.614. The van der Waals surface area contributed by atoms with E-state index in [1.54, 1.807) is 24.3 Å². The number of thiophene rings is 1. The maximum atomic E-state index is 12.9. The molecule has 2 amide bonds. The van der Waals surface area contributed by atoms with Gasteiger partial charge in [0.1, 0.15) is 5.70 Å². The van der Waals surface area contributed by atoms with E-state index in [4.69, 9.17) is 9.47 Å². The van der Waals surface area contributed by atoms with Crippen LogP contribution in [0, 0.1) is 0 Å². The average molecular weight is 415 g/mol. The summed E-state index contributed by atoms with van der Waals surface area (Å²) in [7, 11) is 3.05. The molecular weight excluding hydrogens is 388 g/mol. The van der Waals surface area contributed by atoms with Crippen molar-refractivity contribution in [2.45, 2.75) is 38.1 Å². The molecule has 2 N–H and O–H groups in total. The molecule has 1 saturated carbocycles. The maximum Gasteiger partial charge on any atom is 0.268 e. The Labute approximate surface area is 174 Å². The first-order chi connectivity index (χ1) is 14.1. The minimum absolute atomic E-state index is 0.154. The molecule has 0 radical (unpaired) electrons. The Kier molecular flexibility index (Phi) is 7.30. The zero-order valence-electron chi connectivity index (χ0n) is 16.7. The molecule has 2 aromatic rings. The van der Waals surface area contributed by atoms with Gasteiger partial charge in [-0.2, -0.15) is 0 Å². The van der Waals surface area contributed by atoms with E-state index in [1.807, 2.05) is 17.5 Å². The Morgan fingerprint density at radius 1 is 1.07 bits per heavy atom.